The predicted octanol–water partition coefficient (Wildman–Crippen LogP) is 1.11. The predicted molar refractivity (Wildman–Crippen MR) is 60.9 cm³/mol. The average Bonchev–Trinajstić information content (AvgIpc) is 2.46. The van der Waals surface area contributed by atoms with Gasteiger partial charge >= 0.3 is 0 Å². The first-order valence-corrected chi connectivity index (χ1v) is 4.95. The molecule has 0 aliphatic carbocycles. The van der Waals surface area contributed by atoms with Gasteiger partial charge in [0, 0.05) is 7.05 Å². The molecule has 0 aromatic carbocycles. The molecule has 0 spiro atoms. The van der Waals surface area contributed by atoms with Crippen molar-refractivity contribution >= 4 is 34.0 Å². The Hall–Kier alpha value is -1.27. The summed E-state index contributed by atoms with van der Waals surface area (Å²) in [5, 5.41) is 11.3. The fourth-order valence-corrected chi connectivity index (χ4v) is 1.59. The molecule has 2 heterocycles. The maximum atomic E-state index is 4.09. The topological polar surface area (TPSA) is 56.0 Å². The van der Waals surface area contributed by atoms with E-state index in [9.17, 15) is 0 Å². The number of hydrogen-bond acceptors (Lipinski definition) is 4. The van der Waals surface area contributed by atoms with E-state index in [2.05, 4.69) is 49.0 Å². The van der Waals surface area contributed by atoms with Gasteiger partial charge in [0.2, 0.25) is 0 Å². The fraction of sp³-hybridized carbons (Fsp3) is 0.125. The molecule has 0 radical (unpaired) electrons. The molecule has 0 saturated heterocycles. The van der Waals surface area contributed by atoms with Crippen LogP contribution in [0.3, 0.4) is 0 Å². The molecule has 1 aromatic heterocycles. The largest absolute Gasteiger partial charge is 0.228 e. The highest BCUT2D eigenvalue weighted by molar-refractivity contribution is 14.1. The van der Waals surface area contributed by atoms with Gasteiger partial charge in [0.1, 0.15) is 3.70 Å². The van der Waals surface area contributed by atoms with E-state index in [1.165, 1.54) is 0 Å². The van der Waals surface area contributed by atoms with Crippen molar-refractivity contribution in [3.63, 3.8) is 0 Å². The first-order valence-electron chi connectivity index (χ1n) is 3.87. The average molecular weight is 299 g/mol. The Bertz CT molecular complexity index is 476. The van der Waals surface area contributed by atoms with Crippen molar-refractivity contribution < 1.29 is 0 Å². The number of allylic oxidation sites excluding steroid dienone is 4. The minimum Gasteiger partial charge on any atom is -0.228 e. The Morgan fingerprint density at radius 3 is 3.07 bits per heavy atom. The first-order chi connectivity index (χ1) is 6.79. The summed E-state index contributed by atoms with van der Waals surface area (Å²) >= 11 is 2.13. The number of tetrazole rings is 1. The van der Waals surface area contributed by atoms with E-state index >= 15 is 0 Å². The van der Waals surface area contributed by atoms with Crippen molar-refractivity contribution in [2.45, 2.75) is 0 Å². The highest BCUT2D eigenvalue weighted by atomic mass is 127. The molecule has 0 fully saturated rings. The SMILES string of the molecule is Cn1nnnc1C1=C(I)N=C=CC=C1. The Kier molecular flexibility index (Phi) is 2.55. The Balaban J connectivity index is 2.55. The summed E-state index contributed by atoms with van der Waals surface area (Å²) < 4.78 is 2.43. The number of aryl methyl sites for hydroxylation is 1. The minimum atomic E-state index is 0.700. The van der Waals surface area contributed by atoms with Crippen LogP contribution in [-0.4, -0.2) is 26.1 Å². The van der Waals surface area contributed by atoms with E-state index in [1.807, 2.05) is 12.2 Å². The number of aromatic nitrogens is 4. The summed E-state index contributed by atoms with van der Waals surface area (Å²) in [5.41, 5.74) is 0.902. The second-order valence-corrected chi connectivity index (χ2v) is 3.62. The summed E-state index contributed by atoms with van der Waals surface area (Å²) in [5.74, 6) is 3.48. The molecule has 1 aliphatic heterocycles. The van der Waals surface area contributed by atoms with Gasteiger partial charge in [0.05, 0.1) is 5.57 Å². The van der Waals surface area contributed by atoms with E-state index in [1.54, 1.807) is 17.8 Å². The van der Waals surface area contributed by atoms with Crippen LogP contribution in [0, 0.1) is 0 Å². The molecule has 0 N–H and O–H groups in total. The Morgan fingerprint density at radius 2 is 2.36 bits per heavy atom. The molecule has 0 amide bonds. The first kappa shape index (κ1) is 9.29. The maximum absolute atomic E-state index is 4.09. The summed E-state index contributed by atoms with van der Waals surface area (Å²) in [6.45, 7) is 0. The van der Waals surface area contributed by atoms with Crippen LogP contribution in [0.2, 0.25) is 0 Å². The van der Waals surface area contributed by atoms with Crippen molar-refractivity contribution in [1.29, 1.82) is 0 Å². The third-order valence-electron chi connectivity index (χ3n) is 1.68. The second kappa shape index (κ2) is 3.85. The van der Waals surface area contributed by atoms with Crippen LogP contribution < -0.4 is 0 Å². The molecule has 0 bridgehead atoms. The van der Waals surface area contributed by atoms with Gasteiger partial charge in [0.15, 0.2) is 5.82 Å². The van der Waals surface area contributed by atoms with Gasteiger partial charge in [-0.3, -0.25) is 0 Å². The van der Waals surface area contributed by atoms with Crippen molar-refractivity contribution in [3.05, 3.63) is 27.8 Å². The molecule has 0 atom stereocenters. The molecule has 6 heteroatoms. The zero-order valence-corrected chi connectivity index (χ0v) is 9.50. The quantitative estimate of drug-likeness (QED) is 0.576. The van der Waals surface area contributed by atoms with Crippen LogP contribution >= 0.6 is 22.6 Å². The summed E-state index contributed by atoms with van der Waals surface area (Å²) in [7, 11) is 1.79. The Labute approximate surface area is 94.1 Å². The molecule has 0 unspecified atom stereocenters. The standard InChI is InChI=1S/C8H6IN5/c1-14-8(11-12-13-14)6-4-2-3-5-10-7(6)9/h2-4H,1H3. The lowest BCUT2D eigenvalue weighted by molar-refractivity contribution is 0.705. The summed E-state index contributed by atoms with van der Waals surface area (Å²) in [6.07, 6.45) is 5.52. The third kappa shape index (κ3) is 1.66. The molecule has 14 heavy (non-hydrogen) atoms. The van der Waals surface area contributed by atoms with Crippen LogP contribution in [0.5, 0.6) is 0 Å². The van der Waals surface area contributed by atoms with E-state index < -0.39 is 0 Å². The van der Waals surface area contributed by atoms with E-state index in [0.717, 1.165) is 9.28 Å². The van der Waals surface area contributed by atoms with E-state index in [4.69, 9.17) is 0 Å². The number of rotatable bonds is 1. The lowest BCUT2D eigenvalue weighted by Crippen LogP contribution is -1.98. The van der Waals surface area contributed by atoms with Gasteiger partial charge in [-0.05, 0) is 51.0 Å². The van der Waals surface area contributed by atoms with E-state index in [-0.39, 0.29) is 0 Å². The van der Waals surface area contributed by atoms with Crippen molar-refractivity contribution in [3.8, 4) is 0 Å². The molecule has 2 rings (SSSR count). The van der Waals surface area contributed by atoms with Crippen LogP contribution in [0.4, 0.5) is 0 Å². The van der Waals surface area contributed by atoms with Gasteiger partial charge in [-0.25, -0.2) is 4.68 Å². The van der Waals surface area contributed by atoms with Crippen LogP contribution in [0.25, 0.3) is 5.57 Å². The summed E-state index contributed by atoms with van der Waals surface area (Å²) in [6, 6.07) is 0. The smallest absolute Gasteiger partial charge is 0.184 e. The normalized spacial score (nSPS) is 15.0. The Morgan fingerprint density at radius 1 is 1.50 bits per heavy atom. The fourth-order valence-electron chi connectivity index (χ4n) is 1.03. The van der Waals surface area contributed by atoms with Crippen molar-refractivity contribution in [2.24, 2.45) is 12.0 Å². The second-order valence-electron chi connectivity index (χ2n) is 2.60. The zero-order chi connectivity index (χ0) is 9.97. The number of aliphatic imine (C=N–C) groups is 1. The van der Waals surface area contributed by atoms with Gasteiger partial charge < -0.3 is 0 Å². The van der Waals surface area contributed by atoms with Gasteiger partial charge in [-0.2, -0.15) is 4.99 Å². The number of halogens is 1. The lowest BCUT2D eigenvalue weighted by Gasteiger charge is -1.99. The molecule has 0 saturated carbocycles. The van der Waals surface area contributed by atoms with Crippen molar-refractivity contribution in [2.75, 3.05) is 0 Å². The monoisotopic (exact) mass is 299 g/mol. The number of nitrogens with zero attached hydrogens (tertiary/aromatic N) is 5. The third-order valence-corrected chi connectivity index (χ3v) is 2.50. The van der Waals surface area contributed by atoms with Gasteiger partial charge in [0.25, 0.3) is 0 Å². The van der Waals surface area contributed by atoms with Crippen molar-refractivity contribution in [1.82, 2.24) is 20.2 Å². The molecule has 1 aliphatic rings. The van der Waals surface area contributed by atoms with Crippen LogP contribution in [-0.2, 0) is 7.05 Å². The van der Waals surface area contributed by atoms with Gasteiger partial charge in [-0.15, -0.1) is 5.10 Å². The van der Waals surface area contributed by atoms with Crippen LogP contribution in [0.1, 0.15) is 5.82 Å². The zero-order valence-electron chi connectivity index (χ0n) is 7.35. The highest BCUT2D eigenvalue weighted by Gasteiger charge is 2.10. The molecule has 1 aromatic rings. The molecular formula is C8H6IN5. The minimum absolute atomic E-state index is 0.700. The molecule has 5 nitrogen and oxygen atoms in total. The highest BCUT2D eigenvalue weighted by Crippen LogP contribution is 2.23. The van der Waals surface area contributed by atoms with Crippen LogP contribution in [0.15, 0.2) is 26.9 Å². The number of hydrogen-bond donors (Lipinski definition) is 0. The molecule has 70 valence electrons. The summed E-state index contributed by atoms with van der Waals surface area (Å²) in [4.78, 5) is 4.09. The maximum Gasteiger partial charge on any atom is 0.184 e. The molecular weight excluding hydrogens is 293 g/mol. The lowest BCUT2D eigenvalue weighted by atomic mass is 10.2. The van der Waals surface area contributed by atoms with Gasteiger partial charge in [-0.1, -0.05) is 6.08 Å². The van der Waals surface area contributed by atoms with E-state index in [0.29, 0.717) is 5.82 Å².